The summed E-state index contributed by atoms with van der Waals surface area (Å²) in [5, 5.41) is 11.9. The lowest BCUT2D eigenvalue weighted by Crippen LogP contribution is -2.26. The monoisotopic (exact) mass is 364 g/mol. The van der Waals surface area contributed by atoms with E-state index in [1.807, 2.05) is 19.1 Å². The van der Waals surface area contributed by atoms with Crippen LogP contribution in [0.2, 0.25) is 0 Å². The minimum atomic E-state index is -2.73. The van der Waals surface area contributed by atoms with Crippen LogP contribution < -0.4 is 4.73 Å². The molecule has 6 heteroatoms. The van der Waals surface area contributed by atoms with Gasteiger partial charge < -0.3 is 5.21 Å². The average molecular weight is 365 g/mol. The molecule has 108 valence electrons. The zero-order valence-electron chi connectivity index (χ0n) is 11.3. The number of pyridine rings is 1. The Hall–Kier alpha value is -1.79. The smallest absolute Gasteiger partial charge is 0.242 e. The lowest BCUT2D eigenvalue weighted by molar-refractivity contribution is -0.577. The van der Waals surface area contributed by atoms with Crippen molar-refractivity contribution >= 4 is 42.5 Å². The van der Waals surface area contributed by atoms with Crippen LogP contribution in [0.3, 0.4) is 0 Å². The number of fused-ring (bicyclic) bond motifs is 1. The predicted octanol–water partition coefficient (Wildman–Crippen LogP) is 2.88. The van der Waals surface area contributed by atoms with Crippen LogP contribution >= 0.6 is 15.9 Å². The Labute approximate surface area is 131 Å². The van der Waals surface area contributed by atoms with Crippen molar-refractivity contribution in [2.75, 3.05) is 0 Å². The largest absolute Gasteiger partial charge is 0.618 e. The molecular weight excluding hydrogens is 352 g/mol. The molecular formula is C15H13BrN2O2S. The minimum absolute atomic E-state index is 0.460. The third-order valence-electron chi connectivity index (χ3n) is 3.33. The molecule has 0 aliphatic rings. The Bertz CT molecular complexity index is 928. The van der Waals surface area contributed by atoms with Crippen molar-refractivity contribution in [3.63, 3.8) is 0 Å². The molecule has 0 fully saturated rings. The van der Waals surface area contributed by atoms with Gasteiger partial charge in [-0.2, -0.15) is 4.73 Å². The van der Waals surface area contributed by atoms with Gasteiger partial charge in [0.25, 0.3) is 0 Å². The normalized spacial score (nSPS) is 14.2. The number of aromatic nitrogens is 2. The van der Waals surface area contributed by atoms with Crippen LogP contribution in [0.15, 0.2) is 58.2 Å². The lowest BCUT2D eigenvalue weighted by atomic mass is 10.2. The maximum Gasteiger partial charge on any atom is 0.242 e. The second kappa shape index (κ2) is 4.89. The molecule has 21 heavy (non-hydrogen) atoms. The second-order valence-electron chi connectivity index (χ2n) is 4.85. The number of nitrogens with zero attached hydrogens (tertiary/aromatic N) is 2. The molecule has 1 unspecified atom stereocenters. The first kappa shape index (κ1) is 14.2. The van der Waals surface area contributed by atoms with Gasteiger partial charge in [0, 0.05) is 17.2 Å². The molecule has 4 nitrogen and oxygen atoms in total. The highest BCUT2D eigenvalue weighted by Crippen LogP contribution is 2.22. The van der Waals surface area contributed by atoms with E-state index in [0.29, 0.717) is 20.4 Å². The number of rotatable bonds is 2. The zero-order valence-corrected chi connectivity index (χ0v) is 13.7. The number of benzene rings is 1. The summed E-state index contributed by atoms with van der Waals surface area (Å²) < 4.78 is 16.1. The van der Waals surface area contributed by atoms with Crippen LogP contribution in [0.4, 0.5) is 0 Å². The molecule has 0 aliphatic carbocycles. The van der Waals surface area contributed by atoms with Crippen molar-refractivity contribution < 1.29 is 8.94 Å². The molecule has 0 amide bonds. The number of hydrogen-bond acceptors (Lipinski definition) is 2. The summed E-state index contributed by atoms with van der Waals surface area (Å²) in [5.74, 6) is 3.89. The number of hydrogen-bond donors (Lipinski definition) is 0. The van der Waals surface area contributed by atoms with E-state index in [2.05, 4.69) is 21.8 Å². The van der Waals surface area contributed by atoms with Crippen molar-refractivity contribution in [2.24, 2.45) is 0 Å². The summed E-state index contributed by atoms with van der Waals surface area (Å²) in [5.41, 5.74) is 2.13. The van der Waals surface area contributed by atoms with Gasteiger partial charge in [-0.1, -0.05) is 17.7 Å². The van der Waals surface area contributed by atoms with E-state index in [0.717, 1.165) is 10.3 Å². The van der Waals surface area contributed by atoms with Crippen molar-refractivity contribution in [3.8, 4) is 0 Å². The second-order valence-corrected chi connectivity index (χ2v) is 7.91. The fourth-order valence-corrected chi connectivity index (χ4v) is 4.12. The van der Waals surface area contributed by atoms with E-state index in [1.165, 1.54) is 6.20 Å². The Balaban J connectivity index is 2.27. The number of aryl methyl sites for hydroxylation is 1. The van der Waals surface area contributed by atoms with E-state index >= 15 is 0 Å². The van der Waals surface area contributed by atoms with Crippen LogP contribution in [-0.4, -0.2) is 14.1 Å². The molecule has 0 spiro atoms. The Morgan fingerprint density at radius 2 is 1.95 bits per heavy atom. The van der Waals surface area contributed by atoms with Gasteiger partial charge in [0.2, 0.25) is 5.52 Å². The van der Waals surface area contributed by atoms with E-state index < -0.39 is 9.71 Å². The van der Waals surface area contributed by atoms with Gasteiger partial charge in [-0.05, 0) is 46.9 Å². The third-order valence-corrected chi connectivity index (χ3v) is 5.72. The van der Waals surface area contributed by atoms with Gasteiger partial charge in [0.05, 0.1) is 14.2 Å². The van der Waals surface area contributed by atoms with Crippen LogP contribution in [0.5, 0.6) is 0 Å². The van der Waals surface area contributed by atoms with Crippen molar-refractivity contribution in [2.45, 2.75) is 11.8 Å². The summed E-state index contributed by atoms with van der Waals surface area (Å²) in [6.45, 7) is 1.97. The molecule has 0 saturated carbocycles. The molecule has 0 saturated heterocycles. The third kappa shape index (κ3) is 2.34. The molecule has 0 N–H and O–H groups in total. The summed E-state index contributed by atoms with van der Waals surface area (Å²) in [4.78, 5) is 0.628. The quantitative estimate of drug-likeness (QED) is 0.398. The summed E-state index contributed by atoms with van der Waals surface area (Å²) in [6.07, 6.45) is 3.06. The van der Waals surface area contributed by atoms with Gasteiger partial charge in [-0.15, -0.1) is 0 Å². The van der Waals surface area contributed by atoms with E-state index in [4.69, 9.17) is 0 Å². The van der Waals surface area contributed by atoms with Gasteiger partial charge in [-0.3, -0.25) is 3.97 Å². The molecule has 3 aromatic rings. The van der Waals surface area contributed by atoms with Gasteiger partial charge in [-0.25, -0.2) is 4.21 Å². The predicted molar refractivity (Wildman–Crippen MR) is 88.7 cm³/mol. The van der Waals surface area contributed by atoms with Gasteiger partial charge in [0.1, 0.15) is 5.52 Å². The highest BCUT2D eigenvalue weighted by Gasteiger charge is 2.17. The molecule has 1 aromatic carbocycles. The molecule has 0 aliphatic heterocycles. The minimum Gasteiger partial charge on any atom is -0.618 e. The van der Waals surface area contributed by atoms with Crippen molar-refractivity contribution in [1.82, 2.24) is 3.97 Å². The maximum absolute atomic E-state index is 13.1. The standard InChI is InChI=1S/C15H13BrN2O2S/c1-11-3-5-13(6-4-11)21(2,20)18-8-7-14-15(18)9-12(16)10-17(14)19/h3-10H,2H2,1H3. The number of halogens is 1. The highest BCUT2D eigenvalue weighted by molar-refractivity contribution is 9.10. The molecule has 0 bridgehead atoms. The Morgan fingerprint density at radius 1 is 1.29 bits per heavy atom. The molecule has 3 rings (SSSR count). The van der Waals surface area contributed by atoms with Crippen LogP contribution in [-0.2, 0) is 9.71 Å². The Morgan fingerprint density at radius 3 is 2.62 bits per heavy atom. The van der Waals surface area contributed by atoms with Crippen LogP contribution in [0, 0.1) is 12.1 Å². The molecule has 2 heterocycles. The summed E-state index contributed by atoms with van der Waals surface area (Å²) in [7, 11) is -2.73. The Kier molecular flexibility index (Phi) is 3.30. The topological polar surface area (TPSA) is 48.9 Å². The first-order chi connectivity index (χ1) is 9.89. The van der Waals surface area contributed by atoms with E-state index in [1.54, 1.807) is 34.4 Å². The SMILES string of the molecule is C=S(=O)(c1ccc(C)cc1)n1ccc2c1cc(Br)c[n+]2[O-]. The van der Waals surface area contributed by atoms with Crippen LogP contribution in [0.25, 0.3) is 11.0 Å². The highest BCUT2D eigenvalue weighted by atomic mass is 79.9. The van der Waals surface area contributed by atoms with Crippen molar-refractivity contribution in [3.05, 3.63) is 64.0 Å². The van der Waals surface area contributed by atoms with Crippen molar-refractivity contribution in [1.29, 1.82) is 0 Å². The van der Waals surface area contributed by atoms with E-state index in [9.17, 15) is 9.42 Å². The van der Waals surface area contributed by atoms with E-state index in [-0.39, 0.29) is 0 Å². The van der Waals surface area contributed by atoms with Crippen LogP contribution in [0.1, 0.15) is 5.56 Å². The first-order valence-electron chi connectivity index (χ1n) is 6.24. The summed E-state index contributed by atoms with van der Waals surface area (Å²) in [6, 6.07) is 10.8. The van der Waals surface area contributed by atoms with Gasteiger partial charge >= 0.3 is 0 Å². The fourth-order valence-electron chi connectivity index (χ4n) is 2.21. The molecule has 0 radical (unpaired) electrons. The zero-order chi connectivity index (χ0) is 15.2. The van der Waals surface area contributed by atoms with Gasteiger partial charge in [0.15, 0.2) is 6.20 Å². The molecule has 2 aromatic heterocycles. The molecule has 1 atom stereocenters. The lowest BCUT2D eigenvalue weighted by Gasteiger charge is -2.12. The fraction of sp³-hybridized carbons (Fsp3) is 0.0667. The summed E-state index contributed by atoms with van der Waals surface area (Å²) >= 11 is 3.29. The maximum atomic E-state index is 13.1. The first-order valence-corrected chi connectivity index (χ1v) is 8.71. The average Bonchev–Trinajstić information content (AvgIpc) is 2.83.